The van der Waals surface area contributed by atoms with Crippen molar-refractivity contribution in [2.75, 3.05) is 39.6 Å². The summed E-state index contributed by atoms with van der Waals surface area (Å²) in [6.45, 7) is 2.53. The molecule has 1 aromatic rings. The molecule has 0 unspecified atom stereocenters. The van der Waals surface area contributed by atoms with Crippen LogP contribution in [0.5, 0.6) is 0 Å². The normalized spacial score (nSPS) is 11.9. The van der Waals surface area contributed by atoms with Crippen LogP contribution < -0.4 is 4.72 Å². The van der Waals surface area contributed by atoms with Crippen molar-refractivity contribution in [2.45, 2.75) is 55.9 Å². The predicted molar refractivity (Wildman–Crippen MR) is 123 cm³/mol. The first-order valence-electron chi connectivity index (χ1n) is 11.0. The minimum Gasteiger partial charge on any atom is -0.379 e. The highest BCUT2D eigenvalue weighted by Crippen LogP contribution is 2.17. The van der Waals surface area contributed by atoms with Crippen LogP contribution in [-0.2, 0) is 38.6 Å². The van der Waals surface area contributed by atoms with Crippen molar-refractivity contribution in [2.24, 2.45) is 0 Å². The van der Waals surface area contributed by atoms with E-state index in [4.69, 9.17) is 14.2 Å². The quantitative estimate of drug-likeness (QED) is 0.207. The second kappa shape index (κ2) is 16.6. The van der Waals surface area contributed by atoms with Crippen LogP contribution in [0.1, 0.15) is 44.1 Å². The SMILES string of the molecule is Cc1ccc(S(=O)(=O)NC(COCCCC=O)(COCCCC=O)COCCCC=O)cc1. The van der Waals surface area contributed by atoms with Gasteiger partial charge in [0.15, 0.2) is 0 Å². The Bertz CT molecular complexity index is 750. The van der Waals surface area contributed by atoms with E-state index in [1.807, 2.05) is 6.92 Å². The van der Waals surface area contributed by atoms with Crippen molar-refractivity contribution in [1.82, 2.24) is 4.72 Å². The lowest BCUT2D eigenvalue weighted by Crippen LogP contribution is -2.58. The maximum atomic E-state index is 13.1. The van der Waals surface area contributed by atoms with Crippen LogP contribution in [0.2, 0.25) is 0 Å². The molecule has 0 spiro atoms. The first-order valence-corrected chi connectivity index (χ1v) is 12.5. The summed E-state index contributed by atoms with van der Waals surface area (Å²) in [5, 5.41) is 0. The molecule has 0 heterocycles. The van der Waals surface area contributed by atoms with Crippen molar-refractivity contribution in [3.05, 3.63) is 29.8 Å². The number of aryl methyl sites for hydroxylation is 1. The third kappa shape index (κ3) is 12.2. The number of benzene rings is 1. The zero-order valence-electron chi connectivity index (χ0n) is 19.2. The van der Waals surface area contributed by atoms with E-state index in [-0.39, 0.29) is 44.5 Å². The second-order valence-corrected chi connectivity index (χ2v) is 9.47. The molecule has 0 bridgehead atoms. The number of ether oxygens (including phenoxy) is 3. The molecule has 1 rings (SSSR count). The zero-order chi connectivity index (χ0) is 24.4. The molecule has 1 aromatic carbocycles. The summed E-state index contributed by atoms with van der Waals surface area (Å²) in [5.41, 5.74) is -0.316. The molecule has 0 radical (unpaired) electrons. The molecule has 9 nitrogen and oxygen atoms in total. The maximum absolute atomic E-state index is 13.1. The van der Waals surface area contributed by atoms with Crippen LogP contribution in [0, 0.1) is 6.92 Å². The summed E-state index contributed by atoms with van der Waals surface area (Å²) >= 11 is 0. The fourth-order valence-electron chi connectivity index (χ4n) is 2.88. The minimum absolute atomic E-state index is 0.0433. The third-order valence-electron chi connectivity index (χ3n) is 4.65. The van der Waals surface area contributed by atoms with Crippen LogP contribution in [-0.4, -0.2) is 72.5 Å². The smallest absolute Gasteiger partial charge is 0.241 e. The van der Waals surface area contributed by atoms with Crippen LogP contribution in [0.15, 0.2) is 29.2 Å². The van der Waals surface area contributed by atoms with Gasteiger partial charge >= 0.3 is 0 Å². The Morgan fingerprint density at radius 2 is 1.15 bits per heavy atom. The lowest BCUT2D eigenvalue weighted by molar-refractivity contribution is -0.108. The average molecular weight is 486 g/mol. The molecule has 0 saturated heterocycles. The third-order valence-corrected chi connectivity index (χ3v) is 6.24. The molecular formula is C23H35NO8S. The Labute approximate surface area is 196 Å². The number of hydrogen-bond donors (Lipinski definition) is 1. The lowest BCUT2D eigenvalue weighted by Gasteiger charge is -2.34. The van der Waals surface area contributed by atoms with Crippen LogP contribution >= 0.6 is 0 Å². The molecule has 0 aliphatic rings. The van der Waals surface area contributed by atoms with Gasteiger partial charge in [0.25, 0.3) is 0 Å². The van der Waals surface area contributed by atoms with Crippen molar-refractivity contribution in [1.29, 1.82) is 0 Å². The van der Waals surface area contributed by atoms with Gasteiger partial charge in [0.2, 0.25) is 10.0 Å². The maximum Gasteiger partial charge on any atom is 0.241 e. The second-order valence-electron chi connectivity index (χ2n) is 7.78. The van der Waals surface area contributed by atoms with Gasteiger partial charge in [0.1, 0.15) is 24.4 Å². The molecule has 0 fully saturated rings. The van der Waals surface area contributed by atoms with Gasteiger partial charge in [-0.3, -0.25) is 0 Å². The van der Waals surface area contributed by atoms with Gasteiger partial charge in [-0.2, -0.15) is 4.72 Å². The number of hydrogen-bond acceptors (Lipinski definition) is 8. The largest absolute Gasteiger partial charge is 0.379 e. The number of sulfonamides is 1. The van der Waals surface area contributed by atoms with Crippen LogP contribution in [0.25, 0.3) is 0 Å². The van der Waals surface area contributed by atoms with Crippen LogP contribution in [0.3, 0.4) is 0 Å². The average Bonchev–Trinajstić information content (AvgIpc) is 2.79. The van der Waals surface area contributed by atoms with Gasteiger partial charge in [-0.25, -0.2) is 8.42 Å². The van der Waals surface area contributed by atoms with E-state index in [0.29, 0.717) is 38.5 Å². The van der Waals surface area contributed by atoms with Gasteiger partial charge in [-0.05, 0) is 38.3 Å². The van der Waals surface area contributed by atoms with E-state index < -0.39 is 15.6 Å². The first kappa shape index (κ1) is 29.1. The van der Waals surface area contributed by atoms with Crippen molar-refractivity contribution < 1.29 is 37.0 Å². The number of carbonyl (C=O) groups excluding carboxylic acids is 3. The van der Waals surface area contributed by atoms with E-state index in [9.17, 15) is 22.8 Å². The Kier molecular flexibility index (Phi) is 14.6. The minimum atomic E-state index is -3.94. The van der Waals surface area contributed by atoms with Gasteiger partial charge in [0.05, 0.1) is 24.7 Å². The van der Waals surface area contributed by atoms with Crippen molar-refractivity contribution in [3.8, 4) is 0 Å². The molecule has 0 atom stereocenters. The summed E-state index contributed by atoms with van der Waals surface area (Å²) in [6.07, 6.45) is 4.92. The van der Waals surface area contributed by atoms with E-state index in [1.54, 1.807) is 12.1 Å². The summed E-state index contributed by atoms with van der Waals surface area (Å²) in [6, 6.07) is 6.45. The highest BCUT2D eigenvalue weighted by Gasteiger charge is 2.37. The molecule has 0 aromatic heterocycles. The van der Waals surface area contributed by atoms with Gasteiger partial charge < -0.3 is 28.6 Å². The van der Waals surface area contributed by atoms with E-state index in [2.05, 4.69) is 4.72 Å². The Morgan fingerprint density at radius 1 is 0.758 bits per heavy atom. The van der Waals surface area contributed by atoms with Crippen molar-refractivity contribution >= 4 is 28.9 Å². The van der Waals surface area contributed by atoms with Crippen LogP contribution in [0.4, 0.5) is 0 Å². The molecule has 33 heavy (non-hydrogen) atoms. The predicted octanol–water partition coefficient (Wildman–Crippen LogP) is 2.00. The molecule has 1 N–H and O–H groups in total. The molecule has 0 aliphatic heterocycles. The van der Waals surface area contributed by atoms with Gasteiger partial charge in [-0.15, -0.1) is 0 Å². The number of nitrogens with one attached hydrogen (secondary N) is 1. The number of carbonyl (C=O) groups is 3. The highest BCUT2D eigenvalue weighted by atomic mass is 32.2. The molecule has 186 valence electrons. The van der Waals surface area contributed by atoms with Gasteiger partial charge in [0, 0.05) is 39.1 Å². The zero-order valence-corrected chi connectivity index (χ0v) is 20.0. The molecule has 0 aliphatic carbocycles. The highest BCUT2D eigenvalue weighted by molar-refractivity contribution is 7.89. The van der Waals surface area contributed by atoms with Gasteiger partial charge in [-0.1, -0.05) is 17.7 Å². The Morgan fingerprint density at radius 3 is 1.52 bits per heavy atom. The van der Waals surface area contributed by atoms with E-state index in [1.165, 1.54) is 12.1 Å². The number of aldehydes is 3. The molecule has 0 amide bonds. The number of unbranched alkanes of at least 4 members (excludes halogenated alkanes) is 3. The summed E-state index contributed by atoms with van der Waals surface area (Å²) < 4.78 is 46.1. The van der Waals surface area contributed by atoms with Crippen molar-refractivity contribution in [3.63, 3.8) is 0 Å². The fraction of sp³-hybridized carbons (Fsp3) is 0.609. The monoisotopic (exact) mass is 485 g/mol. The topological polar surface area (TPSA) is 125 Å². The standard InChI is InChI=1S/C23H35NO8S/c1-21-8-10-22(11-9-21)33(28,29)24-23(18-30-15-5-2-12-25,19-31-16-6-3-13-26)20-32-17-7-4-14-27/h8-14,24H,2-7,15-20H2,1H3. The molecule has 0 saturated carbocycles. The Hall–Kier alpha value is -1.98. The van der Waals surface area contributed by atoms with E-state index >= 15 is 0 Å². The Balaban J connectivity index is 3.03. The summed E-state index contributed by atoms with van der Waals surface area (Å²) in [4.78, 5) is 31.8. The number of rotatable bonds is 21. The first-order chi connectivity index (χ1) is 15.9. The fourth-order valence-corrected chi connectivity index (χ4v) is 4.24. The summed E-state index contributed by atoms with van der Waals surface area (Å²) in [7, 11) is -3.94. The molecule has 10 heteroatoms. The lowest BCUT2D eigenvalue weighted by atomic mass is 10.1. The summed E-state index contributed by atoms with van der Waals surface area (Å²) in [5.74, 6) is 0. The van der Waals surface area contributed by atoms with E-state index in [0.717, 1.165) is 24.4 Å². The molecular weight excluding hydrogens is 450 g/mol.